The standard InChI is InChI=1S/C22H25ClN2O5S/c1-2-30-18-9-7-17(8-10-18)25-20(26)15-24-21(27)22(13-3-4-14-22)31(28,29)19-11-5-16(23)6-12-19/h5-12H,2-4,13-15H2,1H3,(H,24,27)(H,25,26). The fourth-order valence-corrected chi connectivity index (χ4v) is 5.95. The summed E-state index contributed by atoms with van der Waals surface area (Å²) >= 11 is 5.87. The van der Waals surface area contributed by atoms with Crippen molar-refractivity contribution < 1.29 is 22.7 Å². The Balaban J connectivity index is 1.68. The number of halogens is 1. The SMILES string of the molecule is CCOc1ccc(NC(=O)CNC(=O)C2(S(=O)(=O)c3ccc(Cl)cc3)CCCC2)cc1. The van der Waals surface area contributed by atoms with Crippen LogP contribution in [0.15, 0.2) is 53.4 Å². The average Bonchev–Trinajstić information content (AvgIpc) is 3.26. The van der Waals surface area contributed by atoms with E-state index < -0.39 is 26.4 Å². The molecule has 0 spiro atoms. The van der Waals surface area contributed by atoms with Crippen LogP contribution < -0.4 is 15.4 Å². The van der Waals surface area contributed by atoms with Crippen molar-refractivity contribution in [2.45, 2.75) is 42.2 Å². The number of nitrogens with one attached hydrogen (secondary N) is 2. The molecule has 0 heterocycles. The third-order valence-electron chi connectivity index (χ3n) is 5.32. The van der Waals surface area contributed by atoms with Gasteiger partial charge in [0.1, 0.15) is 5.75 Å². The Bertz CT molecular complexity index is 1030. The first-order valence-corrected chi connectivity index (χ1v) is 12.0. The quantitative estimate of drug-likeness (QED) is 0.621. The molecule has 0 radical (unpaired) electrons. The van der Waals surface area contributed by atoms with Gasteiger partial charge in [-0.25, -0.2) is 8.42 Å². The first-order valence-electron chi connectivity index (χ1n) is 10.1. The van der Waals surface area contributed by atoms with Crippen LogP contribution in [0.2, 0.25) is 5.02 Å². The van der Waals surface area contributed by atoms with E-state index in [2.05, 4.69) is 10.6 Å². The van der Waals surface area contributed by atoms with Crippen molar-refractivity contribution >= 4 is 38.9 Å². The largest absolute Gasteiger partial charge is 0.494 e. The van der Waals surface area contributed by atoms with E-state index in [4.69, 9.17) is 16.3 Å². The van der Waals surface area contributed by atoms with E-state index in [1.807, 2.05) is 6.92 Å². The molecule has 166 valence electrons. The van der Waals surface area contributed by atoms with Crippen LogP contribution in [0.25, 0.3) is 0 Å². The van der Waals surface area contributed by atoms with Crippen LogP contribution in [0, 0.1) is 0 Å². The van der Waals surface area contributed by atoms with E-state index in [-0.39, 0.29) is 24.3 Å². The molecule has 1 fully saturated rings. The van der Waals surface area contributed by atoms with E-state index in [0.29, 0.717) is 35.9 Å². The van der Waals surface area contributed by atoms with Crippen LogP contribution in [0.3, 0.4) is 0 Å². The fourth-order valence-electron chi connectivity index (χ4n) is 3.73. The molecule has 1 aliphatic rings. The monoisotopic (exact) mass is 464 g/mol. The van der Waals surface area contributed by atoms with Gasteiger partial charge in [0.05, 0.1) is 18.0 Å². The molecule has 2 amide bonds. The highest BCUT2D eigenvalue weighted by atomic mass is 35.5. The second-order valence-corrected chi connectivity index (χ2v) is 10.0. The number of rotatable bonds is 8. The van der Waals surface area contributed by atoms with Crippen molar-refractivity contribution in [3.63, 3.8) is 0 Å². The Kier molecular flexibility index (Phi) is 7.23. The molecule has 0 atom stereocenters. The van der Waals surface area contributed by atoms with Crippen LogP contribution >= 0.6 is 11.6 Å². The zero-order valence-corrected chi connectivity index (χ0v) is 18.8. The summed E-state index contributed by atoms with van der Waals surface area (Å²) in [6.07, 6.45) is 1.67. The maximum Gasteiger partial charge on any atom is 0.243 e. The Hall–Kier alpha value is -2.58. The summed E-state index contributed by atoms with van der Waals surface area (Å²) in [4.78, 5) is 25.3. The van der Waals surface area contributed by atoms with Gasteiger partial charge in [0.2, 0.25) is 11.8 Å². The number of amides is 2. The van der Waals surface area contributed by atoms with Crippen LogP contribution in [0.5, 0.6) is 5.75 Å². The lowest BCUT2D eigenvalue weighted by Gasteiger charge is -2.27. The van der Waals surface area contributed by atoms with Crippen LogP contribution in [-0.2, 0) is 19.4 Å². The fraction of sp³-hybridized carbons (Fsp3) is 0.364. The summed E-state index contributed by atoms with van der Waals surface area (Å²) in [5, 5.41) is 5.61. The van der Waals surface area contributed by atoms with Crippen LogP contribution in [-0.4, -0.2) is 38.1 Å². The minimum atomic E-state index is -3.95. The smallest absolute Gasteiger partial charge is 0.243 e. The predicted octanol–water partition coefficient (Wildman–Crippen LogP) is 3.58. The van der Waals surface area contributed by atoms with Gasteiger partial charge < -0.3 is 15.4 Å². The highest BCUT2D eigenvalue weighted by molar-refractivity contribution is 7.93. The van der Waals surface area contributed by atoms with Gasteiger partial charge in [0.25, 0.3) is 0 Å². The second kappa shape index (κ2) is 9.70. The molecule has 0 saturated heterocycles. The van der Waals surface area contributed by atoms with Gasteiger partial charge in [-0.1, -0.05) is 24.4 Å². The highest BCUT2D eigenvalue weighted by Gasteiger charge is 2.52. The number of hydrogen-bond donors (Lipinski definition) is 2. The van der Waals surface area contributed by atoms with Gasteiger partial charge in [0.15, 0.2) is 14.6 Å². The molecule has 0 unspecified atom stereocenters. The number of carbonyl (C=O) groups is 2. The van der Waals surface area contributed by atoms with Crippen molar-refractivity contribution in [3.8, 4) is 5.75 Å². The average molecular weight is 465 g/mol. The molecule has 0 bridgehead atoms. The number of ether oxygens (including phenoxy) is 1. The van der Waals surface area contributed by atoms with Crippen molar-refractivity contribution in [2.24, 2.45) is 0 Å². The lowest BCUT2D eigenvalue weighted by molar-refractivity contribution is -0.126. The van der Waals surface area contributed by atoms with Crippen molar-refractivity contribution in [1.82, 2.24) is 5.32 Å². The number of benzene rings is 2. The lowest BCUT2D eigenvalue weighted by atomic mass is 10.1. The Morgan fingerprint density at radius 2 is 1.65 bits per heavy atom. The summed E-state index contributed by atoms with van der Waals surface area (Å²) in [5.41, 5.74) is 0.548. The van der Waals surface area contributed by atoms with Gasteiger partial charge >= 0.3 is 0 Å². The molecule has 0 aromatic heterocycles. The minimum Gasteiger partial charge on any atom is -0.494 e. The number of hydrogen-bond acceptors (Lipinski definition) is 5. The molecule has 2 aromatic rings. The molecule has 2 N–H and O–H groups in total. The highest BCUT2D eigenvalue weighted by Crippen LogP contribution is 2.41. The van der Waals surface area contributed by atoms with Gasteiger partial charge in [-0.15, -0.1) is 0 Å². The van der Waals surface area contributed by atoms with E-state index in [1.165, 1.54) is 24.3 Å². The normalized spacial score (nSPS) is 15.3. The van der Waals surface area contributed by atoms with E-state index in [9.17, 15) is 18.0 Å². The summed E-state index contributed by atoms with van der Waals surface area (Å²) in [6.45, 7) is 2.09. The summed E-state index contributed by atoms with van der Waals surface area (Å²) in [6, 6.07) is 12.6. The van der Waals surface area contributed by atoms with Crippen LogP contribution in [0.1, 0.15) is 32.6 Å². The molecule has 1 saturated carbocycles. The summed E-state index contributed by atoms with van der Waals surface area (Å²) in [7, 11) is -3.95. The summed E-state index contributed by atoms with van der Waals surface area (Å²) in [5.74, 6) is -0.416. The predicted molar refractivity (Wildman–Crippen MR) is 119 cm³/mol. The molecule has 31 heavy (non-hydrogen) atoms. The molecular formula is C22H25ClN2O5S. The molecule has 3 rings (SSSR count). The first-order chi connectivity index (χ1) is 14.8. The summed E-state index contributed by atoms with van der Waals surface area (Å²) < 4.78 is 30.4. The number of anilines is 1. The van der Waals surface area contributed by atoms with Crippen LogP contribution in [0.4, 0.5) is 5.69 Å². The van der Waals surface area contributed by atoms with E-state index in [0.717, 1.165) is 0 Å². The van der Waals surface area contributed by atoms with Gasteiger partial charge in [-0.05, 0) is 68.3 Å². The van der Waals surface area contributed by atoms with Gasteiger partial charge in [0, 0.05) is 10.7 Å². The van der Waals surface area contributed by atoms with Crippen molar-refractivity contribution in [3.05, 3.63) is 53.6 Å². The van der Waals surface area contributed by atoms with Gasteiger partial charge in [-0.3, -0.25) is 9.59 Å². The van der Waals surface area contributed by atoms with Crippen molar-refractivity contribution in [1.29, 1.82) is 0 Å². The van der Waals surface area contributed by atoms with E-state index in [1.54, 1.807) is 24.3 Å². The second-order valence-electron chi connectivity index (χ2n) is 7.35. The molecule has 1 aliphatic carbocycles. The zero-order chi connectivity index (χ0) is 22.5. The molecule has 7 nitrogen and oxygen atoms in total. The zero-order valence-electron chi connectivity index (χ0n) is 17.2. The van der Waals surface area contributed by atoms with E-state index >= 15 is 0 Å². The Morgan fingerprint density at radius 3 is 2.23 bits per heavy atom. The lowest BCUT2D eigenvalue weighted by Crippen LogP contribution is -2.52. The molecular weight excluding hydrogens is 440 g/mol. The molecule has 9 heteroatoms. The molecule has 2 aromatic carbocycles. The third kappa shape index (κ3) is 5.02. The molecule has 0 aliphatic heterocycles. The number of sulfone groups is 1. The Morgan fingerprint density at radius 1 is 1.03 bits per heavy atom. The maximum absolute atomic E-state index is 13.3. The first kappa shape index (κ1) is 23.1. The number of carbonyl (C=O) groups excluding carboxylic acids is 2. The maximum atomic E-state index is 13.3. The third-order valence-corrected chi connectivity index (χ3v) is 8.09. The Labute approximate surface area is 187 Å². The topological polar surface area (TPSA) is 102 Å². The minimum absolute atomic E-state index is 0.0489. The van der Waals surface area contributed by atoms with Gasteiger partial charge in [-0.2, -0.15) is 0 Å². The van der Waals surface area contributed by atoms with Crippen molar-refractivity contribution in [2.75, 3.05) is 18.5 Å².